The summed E-state index contributed by atoms with van der Waals surface area (Å²) >= 11 is 0. The predicted octanol–water partition coefficient (Wildman–Crippen LogP) is 1.21. The zero-order valence-electron chi connectivity index (χ0n) is 12.0. The molecule has 0 bridgehead atoms. The fourth-order valence-corrected chi connectivity index (χ4v) is 3.97. The number of rotatable bonds is 4. The predicted molar refractivity (Wildman–Crippen MR) is 78.0 cm³/mol. The van der Waals surface area contributed by atoms with E-state index in [9.17, 15) is 8.42 Å². The Morgan fingerprint density at radius 2 is 2.25 bits per heavy atom. The Morgan fingerprint density at radius 3 is 3.00 bits per heavy atom. The maximum absolute atomic E-state index is 12.7. The van der Waals surface area contributed by atoms with E-state index in [4.69, 9.17) is 4.74 Å². The van der Waals surface area contributed by atoms with Gasteiger partial charge in [-0.15, -0.1) is 0 Å². The van der Waals surface area contributed by atoms with Gasteiger partial charge in [-0.3, -0.25) is 0 Å². The van der Waals surface area contributed by atoms with E-state index < -0.39 is 10.0 Å². The molecular weight excluding hydrogens is 276 g/mol. The topological polar surface area (TPSA) is 58.6 Å². The van der Waals surface area contributed by atoms with Crippen LogP contribution < -0.4 is 5.32 Å². The van der Waals surface area contributed by atoms with Crippen LogP contribution in [-0.2, 0) is 21.3 Å². The molecule has 6 heteroatoms. The van der Waals surface area contributed by atoms with E-state index in [0.29, 0.717) is 31.1 Å². The highest BCUT2D eigenvalue weighted by Gasteiger charge is 2.27. The Hall–Kier alpha value is -0.950. The summed E-state index contributed by atoms with van der Waals surface area (Å²) in [7, 11) is -1.59. The van der Waals surface area contributed by atoms with Crippen LogP contribution in [0.25, 0.3) is 0 Å². The molecule has 112 valence electrons. The molecule has 1 fully saturated rings. The monoisotopic (exact) mass is 298 g/mol. The van der Waals surface area contributed by atoms with Gasteiger partial charge in [-0.1, -0.05) is 12.1 Å². The van der Waals surface area contributed by atoms with Crippen LogP contribution in [0.4, 0.5) is 0 Å². The van der Waals surface area contributed by atoms with Gasteiger partial charge in [-0.05, 0) is 38.1 Å². The van der Waals surface area contributed by atoms with Crippen molar-refractivity contribution >= 4 is 10.0 Å². The van der Waals surface area contributed by atoms with E-state index in [2.05, 4.69) is 5.32 Å². The van der Waals surface area contributed by atoms with Crippen molar-refractivity contribution in [3.8, 4) is 0 Å². The highest BCUT2D eigenvalue weighted by atomic mass is 32.2. The van der Waals surface area contributed by atoms with Gasteiger partial charge < -0.3 is 10.1 Å². The van der Waals surface area contributed by atoms with Crippen LogP contribution in [0.1, 0.15) is 18.9 Å². The molecule has 0 aromatic heterocycles. The van der Waals surface area contributed by atoms with Crippen LogP contribution in [0.5, 0.6) is 0 Å². The van der Waals surface area contributed by atoms with Gasteiger partial charge in [0.2, 0.25) is 10.0 Å². The first-order valence-electron chi connectivity index (χ1n) is 6.89. The van der Waals surface area contributed by atoms with Crippen molar-refractivity contribution in [2.45, 2.75) is 30.9 Å². The lowest BCUT2D eigenvalue weighted by Crippen LogP contribution is -2.36. The van der Waals surface area contributed by atoms with Gasteiger partial charge in [0.25, 0.3) is 0 Å². The van der Waals surface area contributed by atoms with Gasteiger partial charge in [0, 0.05) is 26.2 Å². The molecule has 0 spiro atoms. The van der Waals surface area contributed by atoms with E-state index in [1.54, 1.807) is 18.2 Å². The van der Waals surface area contributed by atoms with Gasteiger partial charge >= 0.3 is 0 Å². The summed E-state index contributed by atoms with van der Waals surface area (Å²) in [5.41, 5.74) is 0.965. The first-order valence-corrected chi connectivity index (χ1v) is 8.33. The minimum absolute atomic E-state index is 0.0623. The third-order valence-electron chi connectivity index (χ3n) is 3.33. The second-order valence-electron chi connectivity index (χ2n) is 5.08. The van der Waals surface area contributed by atoms with E-state index >= 15 is 0 Å². The summed E-state index contributed by atoms with van der Waals surface area (Å²) < 4.78 is 32.4. The van der Waals surface area contributed by atoms with Crippen LogP contribution >= 0.6 is 0 Å². The lowest BCUT2D eigenvalue weighted by molar-refractivity contribution is 0.0752. The highest BCUT2D eigenvalue weighted by molar-refractivity contribution is 7.89. The maximum atomic E-state index is 12.7. The molecule has 0 aliphatic carbocycles. The van der Waals surface area contributed by atoms with Crippen LogP contribution in [-0.4, -0.2) is 45.6 Å². The summed E-state index contributed by atoms with van der Waals surface area (Å²) in [6, 6.07) is 7.11. The summed E-state index contributed by atoms with van der Waals surface area (Å²) in [4.78, 5) is 0.361. The summed E-state index contributed by atoms with van der Waals surface area (Å²) in [6.07, 6.45) is 0.674. The number of sulfonamides is 1. The molecule has 5 nitrogen and oxygen atoms in total. The zero-order valence-corrected chi connectivity index (χ0v) is 12.8. The molecule has 1 saturated heterocycles. The van der Waals surface area contributed by atoms with Gasteiger partial charge in [-0.2, -0.15) is 4.31 Å². The zero-order chi connectivity index (χ0) is 14.6. The molecule has 0 radical (unpaired) electrons. The standard InChI is InChI=1S/C14H22N2O3S/c1-12-11-16(7-4-8-19-12)20(17,18)14-6-3-5-13(9-14)10-15-2/h3,5-6,9,12,15H,4,7-8,10-11H2,1-2H3. The van der Waals surface area contributed by atoms with Gasteiger partial charge in [0.1, 0.15) is 0 Å². The van der Waals surface area contributed by atoms with Gasteiger partial charge in [0.05, 0.1) is 11.0 Å². The second-order valence-corrected chi connectivity index (χ2v) is 7.01. The molecule has 1 aromatic rings. The molecule has 1 unspecified atom stereocenters. The Morgan fingerprint density at radius 1 is 1.45 bits per heavy atom. The van der Waals surface area contributed by atoms with Crippen molar-refractivity contribution in [3.05, 3.63) is 29.8 Å². The van der Waals surface area contributed by atoms with E-state index in [-0.39, 0.29) is 6.10 Å². The lowest BCUT2D eigenvalue weighted by Gasteiger charge is -2.22. The van der Waals surface area contributed by atoms with Crippen LogP contribution in [0.15, 0.2) is 29.2 Å². The molecule has 0 amide bonds. The van der Waals surface area contributed by atoms with Crippen LogP contribution in [0, 0.1) is 0 Å². The van der Waals surface area contributed by atoms with Crippen molar-refractivity contribution in [1.29, 1.82) is 0 Å². The molecule has 1 aromatic carbocycles. The maximum Gasteiger partial charge on any atom is 0.243 e. The SMILES string of the molecule is CNCc1cccc(S(=O)(=O)N2CCCOC(C)C2)c1. The van der Waals surface area contributed by atoms with Crippen LogP contribution in [0.2, 0.25) is 0 Å². The molecule has 20 heavy (non-hydrogen) atoms. The number of ether oxygens (including phenoxy) is 1. The number of nitrogens with one attached hydrogen (secondary N) is 1. The fourth-order valence-electron chi connectivity index (χ4n) is 2.34. The molecule has 1 heterocycles. The quantitative estimate of drug-likeness (QED) is 0.907. The molecule has 1 N–H and O–H groups in total. The number of hydrogen-bond acceptors (Lipinski definition) is 4. The first kappa shape index (κ1) is 15.4. The van der Waals surface area contributed by atoms with Gasteiger partial charge in [-0.25, -0.2) is 8.42 Å². The van der Waals surface area contributed by atoms with Crippen LogP contribution in [0.3, 0.4) is 0 Å². The van der Waals surface area contributed by atoms with Crippen molar-refractivity contribution in [2.24, 2.45) is 0 Å². The summed E-state index contributed by atoms with van der Waals surface area (Å²) in [5.74, 6) is 0. The summed E-state index contributed by atoms with van der Waals surface area (Å²) in [5, 5.41) is 3.03. The van der Waals surface area contributed by atoms with Crippen molar-refractivity contribution < 1.29 is 13.2 Å². The Bertz CT molecular complexity index is 545. The normalized spacial score (nSPS) is 21.6. The molecule has 1 aliphatic heterocycles. The Balaban J connectivity index is 2.26. The minimum atomic E-state index is -3.43. The lowest BCUT2D eigenvalue weighted by atomic mass is 10.2. The average Bonchev–Trinajstić information content (AvgIpc) is 2.64. The average molecular weight is 298 g/mol. The number of hydrogen-bond donors (Lipinski definition) is 1. The number of nitrogens with zero attached hydrogens (tertiary/aromatic N) is 1. The third-order valence-corrected chi connectivity index (χ3v) is 5.19. The number of benzene rings is 1. The minimum Gasteiger partial charge on any atom is -0.377 e. The molecule has 2 rings (SSSR count). The third kappa shape index (κ3) is 3.58. The van der Waals surface area contributed by atoms with Crippen molar-refractivity contribution in [1.82, 2.24) is 9.62 Å². The summed E-state index contributed by atoms with van der Waals surface area (Å²) in [6.45, 7) is 4.11. The largest absolute Gasteiger partial charge is 0.377 e. The molecule has 1 atom stereocenters. The second kappa shape index (κ2) is 6.67. The van der Waals surface area contributed by atoms with Gasteiger partial charge in [0.15, 0.2) is 0 Å². The molecule has 1 aliphatic rings. The Labute approximate surface area is 121 Å². The molecular formula is C14H22N2O3S. The first-order chi connectivity index (χ1) is 9.54. The van der Waals surface area contributed by atoms with E-state index in [1.165, 1.54) is 4.31 Å². The smallest absolute Gasteiger partial charge is 0.243 e. The van der Waals surface area contributed by atoms with Crippen molar-refractivity contribution in [3.63, 3.8) is 0 Å². The molecule has 0 saturated carbocycles. The van der Waals surface area contributed by atoms with Crippen molar-refractivity contribution in [2.75, 3.05) is 26.7 Å². The fraction of sp³-hybridized carbons (Fsp3) is 0.571. The highest BCUT2D eigenvalue weighted by Crippen LogP contribution is 2.19. The van der Waals surface area contributed by atoms with E-state index in [1.807, 2.05) is 20.0 Å². The van der Waals surface area contributed by atoms with E-state index in [0.717, 1.165) is 12.0 Å². The Kier molecular flexibility index (Phi) is 5.15.